The van der Waals surface area contributed by atoms with Gasteiger partial charge in [0.25, 0.3) is 5.91 Å². The van der Waals surface area contributed by atoms with Gasteiger partial charge in [0.05, 0.1) is 16.8 Å². The minimum absolute atomic E-state index is 0.309. The van der Waals surface area contributed by atoms with E-state index in [1.54, 1.807) is 25.1 Å². The number of nitriles is 1. The van der Waals surface area contributed by atoms with Crippen molar-refractivity contribution in [1.82, 2.24) is 4.98 Å². The van der Waals surface area contributed by atoms with Crippen LogP contribution in [0.25, 0.3) is 11.1 Å². The van der Waals surface area contributed by atoms with Crippen LogP contribution in [0.1, 0.15) is 27.2 Å². The van der Waals surface area contributed by atoms with Gasteiger partial charge in [0.2, 0.25) is 0 Å². The molecule has 0 radical (unpaired) electrons. The molecule has 0 saturated heterocycles. The Morgan fingerprint density at radius 1 is 1.23 bits per heavy atom. The summed E-state index contributed by atoms with van der Waals surface area (Å²) in [6.07, 6.45) is 1.75. The van der Waals surface area contributed by atoms with Crippen LogP contribution in [0.5, 0.6) is 0 Å². The average Bonchev–Trinajstić information content (AvgIpc) is 2.73. The average molecular weight is 434 g/mol. The molecule has 0 unspecified atom stereocenters. The number of aryl methyl sites for hydroxylation is 2. The van der Waals surface area contributed by atoms with Gasteiger partial charge in [-0.1, -0.05) is 48.0 Å². The molecule has 0 aliphatic rings. The van der Waals surface area contributed by atoms with Crippen molar-refractivity contribution in [3.63, 3.8) is 0 Å². The SMILES string of the molecule is C=CCSc1nc(C)c(C(=O)Nc2ccccc2C)c(-c2ccc(Cl)cc2)c1C#N. The van der Waals surface area contributed by atoms with E-state index in [2.05, 4.69) is 22.9 Å². The van der Waals surface area contributed by atoms with E-state index in [-0.39, 0.29) is 5.91 Å². The maximum Gasteiger partial charge on any atom is 0.258 e. The standard InChI is InChI=1S/C24H20ClN3OS/c1-4-13-30-24-19(14-26)22(17-9-11-18(25)12-10-17)21(16(3)27-24)23(29)28-20-8-6-5-7-15(20)2/h4-12H,1,13H2,2-3H3,(H,28,29). The van der Waals surface area contributed by atoms with Crippen LogP contribution in [-0.2, 0) is 0 Å². The number of halogens is 1. The first-order chi connectivity index (χ1) is 14.5. The second kappa shape index (κ2) is 9.62. The topological polar surface area (TPSA) is 65.8 Å². The molecule has 30 heavy (non-hydrogen) atoms. The van der Waals surface area contributed by atoms with Crippen LogP contribution in [0.15, 0.2) is 66.2 Å². The molecule has 3 aromatic rings. The van der Waals surface area contributed by atoms with Crippen molar-refractivity contribution in [3.8, 4) is 17.2 Å². The van der Waals surface area contributed by atoms with Crippen LogP contribution in [-0.4, -0.2) is 16.6 Å². The molecule has 0 bridgehead atoms. The summed E-state index contributed by atoms with van der Waals surface area (Å²) in [7, 11) is 0. The zero-order valence-corrected chi connectivity index (χ0v) is 18.3. The molecular weight excluding hydrogens is 414 g/mol. The highest BCUT2D eigenvalue weighted by Crippen LogP contribution is 2.36. The summed E-state index contributed by atoms with van der Waals surface area (Å²) in [4.78, 5) is 17.9. The molecule has 1 heterocycles. The number of hydrogen-bond acceptors (Lipinski definition) is 4. The molecule has 0 spiro atoms. The van der Waals surface area contributed by atoms with Crippen molar-refractivity contribution in [2.24, 2.45) is 0 Å². The molecule has 3 rings (SSSR count). The molecule has 1 N–H and O–H groups in total. The fraction of sp³-hybridized carbons (Fsp3) is 0.125. The number of thioether (sulfide) groups is 1. The summed E-state index contributed by atoms with van der Waals surface area (Å²) >= 11 is 7.47. The molecule has 2 aromatic carbocycles. The van der Waals surface area contributed by atoms with Crippen LogP contribution in [0.4, 0.5) is 5.69 Å². The molecule has 6 heteroatoms. The van der Waals surface area contributed by atoms with Gasteiger partial charge in [0.15, 0.2) is 0 Å². The Morgan fingerprint density at radius 2 is 1.93 bits per heavy atom. The van der Waals surface area contributed by atoms with E-state index in [1.165, 1.54) is 11.8 Å². The van der Waals surface area contributed by atoms with Gasteiger partial charge in [-0.3, -0.25) is 4.79 Å². The fourth-order valence-corrected chi connectivity index (χ4v) is 4.00. The van der Waals surface area contributed by atoms with Gasteiger partial charge in [0.1, 0.15) is 11.1 Å². The van der Waals surface area contributed by atoms with Gasteiger partial charge in [-0.05, 0) is 43.2 Å². The van der Waals surface area contributed by atoms with Crippen LogP contribution >= 0.6 is 23.4 Å². The zero-order chi connectivity index (χ0) is 21.7. The van der Waals surface area contributed by atoms with Crippen molar-refractivity contribution in [2.45, 2.75) is 18.9 Å². The Bertz CT molecular complexity index is 1150. The number of carbonyl (C=O) groups excluding carboxylic acids is 1. The quantitative estimate of drug-likeness (QED) is 0.359. The molecule has 0 fully saturated rings. The van der Waals surface area contributed by atoms with Crippen LogP contribution in [0.3, 0.4) is 0 Å². The van der Waals surface area contributed by atoms with E-state index in [4.69, 9.17) is 11.6 Å². The Balaban J connectivity index is 2.21. The van der Waals surface area contributed by atoms with E-state index in [0.29, 0.717) is 43.9 Å². The first-order valence-corrected chi connectivity index (χ1v) is 10.6. The predicted octanol–water partition coefficient (Wildman–Crippen LogP) is 6.42. The summed E-state index contributed by atoms with van der Waals surface area (Å²) in [6, 6.07) is 16.9. The minimum Gasteiger partial charge on any atom is -0.322 e. The van der Waals surface area contributed by atoms with Crippen LogP contribution < -0.4 is 5.32 Å². The Labute approximate surface area is 185 Å². The van der Waals surface area contributed by atoms with Crippen molar-refractivity contribution in [2.75, 3.05) is 11.1 Å². The lowest BCUT2D eigenvalue weighted by Crippen LogP contribution is -2.17. The number of rotatable bonds is 6. The molecule has 4 nitrogen and oxygen atoms in total. The first kappa shape index (κ1) is 21.6. The number of hydrogen-bond donors (Lipinski definition) is 1. The molecule has 0 atom stereocenters. The number of nitrogens with zero attached hydrogens (tertiary/aromatic N) is 2. The number of carbonyl (C=O) groups is 1. The second-order valence-electron chi connectivity index (χ2n) is 6.61. The summed E-state index contributed by atoms with van der Waals surface area (Å²) < 4.78 is 0. The molecule has 0 saturated carbocycles. The summed E-state index contributed by atoms with van der Waals surface area (Å²) in [5, 5.41) is 14.1. The summed E-state index contributed by atoms with van der Waals surface area (Å²) in [6.45, 7) is 7.44. The number of aromatic nitrogens is 1. The first-order valence-electron chi connectivity index (χ1n) is 9.27. The molecular formula is C24H20ClN3OS. The lowest BCUT2D eigenvalue weighted by atomic mass is 9.94. The second-order valence-corrected chi connectivity index (χ2v) is 8.06. The van der Waals surface area contributed by atoms with Gasteiger partial charge in [-0.15, -0.1) is 18.3 Å². The zero-order valence-electron chi connectivity index (χ0n) is 16.7. The lowest BCUT2D eigenvalue weighted by Gasteiger charge is -2.17. The highest BCUT2D eigenvalue weighted by atomic mass is 35.5. The lowest BCUT2D eigenvalue weighted by molar-refractivity contribution is 0.102. The molecule has 0 aliphatic carbocycles. The van der Waals surface area contributed by atoms with Crippen molar-refractivity contribution in [3.05, 3.63) is 88.6 Å². The number of amides is 1. The van der Waals surface area contributed by atoms with Gasteiger partial charge < -0.3 is 5.32 Å². The van der Waals surface area contributed by atoms with Gasteiger partial charge in [-0.25, -0.2) is 4.98 Å². The maximum atomic E-state index is 13.3. The largest absolute Gasteiger partial charge is 0.322 e. The number of anilines is 1. The van der Waals surface area contributed by atoms with Gasteiger partial charge in [0, 0.05) is 22.0 Å². The fourth-order valence-electron chi connectivity index (χ4n) is 3.10. The van der Waals surface area contributed by atoms with Crippen molar-refractivity contribution >= 4 is 35.0 Å². The van der Waals surface area contributed by atoms with Crippen LogP contribution in [0, 0.1) is 25.2 Å². The van der Waals surface area contributed by atoms with Gasteiger partial charge in [-0.2, -0.15) is 5.26 Å². The Hall–Kier alpha value is -3.07. The maximum absolute atomic E-state index is 13.3. The monoisotopic (exact) mass is 433 g/mol. The summed E-state index contributed by atoms with van der Waals surface area (Å²) in [5.74, 6) is 0.298. The number of pyridine rings is 1. The van der Waals surface area contributed by atoms with Crippen molar-refractivity contribution in [1.29, 1.82) is 5.26 Å². The molecule has 150 valence electrons. The number of benzene rings is 2. The van der Waals surface area contributed by atoms with E-state index in [1.807, 2.05) is 43.3 Å². The minimum atomic E-state index is -0.309. The Morgan fingerprint density at radius 3 is 2.57 bits per heavy atom. The Kier molecular flexibility index (Phi) is 6.94. The predicted molar refractivity (Wildman–Crippen MR) is 124 cm³/mol. The molecule has 1 amide bonds. The van der Waals surface area contributed by atoms with E-state index < -0.39 is 0 Å². The number of nitrogens with one attached hydrogen (secondary N) is 1. The third-order valence-corrected chi connectivity index (χ3v) is 5.77. The van der Waals surface area contributed by atoms with E-state index in [9.17, 15) is 10.1 Å². The molecule has 0 aliphatic heterocycles. The summed E-state index contributed by atoms with van der Waals surface area (Å²) in [5.41, 5.74) is 4.24. The van der Waals surface area contributed by atoms with Crippen molar-refractivity contribution < 1.29 is 4.79 Å². The van der Waals surface area contributed by atoms with E-state index >= 15 is 0 Å². The molecule has 1 aromatic heterocycles. The van der Waals surface area contributed by atoms with E-state index in [0.717, 1.165) is 11.1 Å². The number of para-hydroxylation sites is 1. The normalized spacial score (nSPS) is 10.3. The third-order valence-electron chi connectivity index (χ3n) is 4.55. The third kappa shape index (κ3) is 4.56. The van der Waals surface area contributed by atoms with Crippen LogP contribution in [0.2, 0.25) is 5.02 Å². The van der Waals surface area contributed by atoms with Gasteiger partial charge >= 0.3 is 0 Å². The highest BCUT2D eigenvalue weighted by Gasteiger charge is 2.24. The highest BCUT2D eigenvalue weighted by molar-refractivity contribution is 7.99. The smallest absolute Gasteiger partial charge is 0.258 e.